The smallest absolute Gasteiger partial charge is 0.0972 e. The van der Waals surface area contributed by atoms with Crippen molar-refractivity contribution in [3.8, 4) is 0 Å². The number of piperidine rings is 1. The predicted octanol–water partition coefficient (Wildman–Crippen LogP) is 4.02. The van der Waals surface area contributed by atoms with Gasteiger partial charge in [0.25, 0.3) is 0 Å². The van der Waals surface area contributed by atoms with Gasteiger partial charge in [0.1, 0.15) is 0 Å². The average molecular weight is 342 g/mol. The van der Waals surface area contributed by atoms with Crippen molar-refractivity contribution in [3.63, 3.8) is 0 Å². The minimum Gasteiger partial charge on any atom is -0.310 e. The van der Waals surface area contributed by atoms with E-state index in [0.29, 0.717) is 6.04 Å². The Bertz CT molecular complexity index is 746. The quantitative estimate of drug-likeness (QED) is 0.894. The second-order valence-corrected chi connectivity index (χ2v) is 9.47. The molecule has 3 nitrogen and oxygen atoms in total. The van der Waals surface area contributed by atoms with Crippen molar-refractivity contribution in [2.24, 2.45) is 17.8 Å². The summed E-state index contributed by atoms with van der Waals surface area (Å²) in [6, 6.07) is 7.50. The Kier molecular flexibility index (Phi) is 3.69. The van der Waals surface area contributed by atoms with Crippen molar-refractivity contribution in [3.05, 3.63) is 28.8 Å². The molecule has 1 aromatic heterocycles. The Morgan fingerprint density at radius 2 is 2.17 bits per heavy atom. The first-order valence-electron chi connectivity index (χ1n) is 9.49. The Morgan fingerprint density at radius 3 is 2.96 bits per heavy atom. The van der Waals surface area contributed by atoms with Crippen LogP contribution >= 0.6 is 11.3 Å². The molecule has 0 radical (unpaired) electrons. The molecule has 1 N–H and O–H groups in total. The van der Waals surface area contributed by atoms with Crippen LogP contribution in [-0.4, -0.2) is 36.6 Å². The van der Waals surface area contributed by atoms with E-state index >= 15 is 0 Å². The number of rotatable bonds is 2. The standard InChI is InChI=1S/C20H27N3S/c1-12-3-5-17(21-9-12)13-4-6-19-18(8-13)22-20(24-19)15-7-14-10-23(2)11-16(14)15/h4,6,8,12,14-17,21H,3,5,7,9-11H2,1-2H3/t12-,14?,15?,16?,17+/m0/s1. The lowest BCUT2D eigenvalue weighted by molar-refractivity contribution is 0.191. The van der Waals surface area contributed by atoms with Gasteiger partial charge in [-0.3, -0.25) is 0 Å². The van der Waals surface area contributed by atoms with E-state index < -0.39 is 0 Å². The monoisotopic (exact) mass is 341 g/mol. The van der Waals surface area contributed by atoms with Crippen LogP contribution < -0.4 is 5.32 Å². The van der Waals surface area contributed by atoms with Crippen molar-refractivity contribution < 1.29 is 0 Å². The maximum atomic E-state index is 5.06. The van der Waals surface area contributed by atoms with Gasteiger partial charge < -0.3 is 10.2 Å². The molecule has 2 aliphatic heterocycles. The van der Waals surface area contributed by atoms with E-state index in [2.05, 4.69) is 42.4 Å². The number of benzene rings is 1. The summed E-state index contributed by atoms with van der Waals surface area (Å²) in [5.41, 5.74) is 2.65. The molecular formula is C20H27N3S. The van der Waals surface area contributed by atoms with E-state index in [9.17, 15) is 0 Å². The van der Waals surface area contributed by atoms with Crippen molar-refractivity contribution in [2.45, 2.75) is 38.1 Å². The Labute approximate surface area is 148 Å². The molecule has 0 spiro atoms. The number of aromatic nitrogens is 1. The maximum absolute atomic E-state index is 5.06. The molecule has 2 saturated heterocycles. The summed E-state index contributed by atoms with van der Waals surface area (Å²) >= 11 is 1.94. The summed E-state index contributed by atoms with van der Waals surface area (Å²) < 4.78 is 1.37. The highest BCUT2D eigenvalue weighted by molar-refractivity contribution is 7.18. The number of fused-ring (bicyclic) bond motifs is 2. The van der Waals surface area contributed by atoms with Gasteiger partial charge in [0, 0.05) is 25.0 Å². The lowest BCUT2D eigenvalue weighted by atomic mass is 9.67. The predicted molar refractivity (Wildman–Crippen MR) is 101 cm³/mol. The van der Waals surface area contributed by atoms with Crippen molar-refractivity contribution in [1.82, 2.24) is 15.2 Å². The third-order valence-electron chi connectivity index (χ3n) is 6.56. The van der Waals surface area contributed by atoms with E-state index in [1.807, 2.05) is 11.3 Å². The molecule has 1 aliphatic carbocycles. The fourth-order valence-corrected chi connectivity index (χ4v) is 6.17. The molecule has 24 heavy (non-hydrogen) atoms. The fraction of sp³-hybridized carbons (Fsp3) is 0.650. The lowest BCUT2D eigenvalue weighted by Crippen LogP contribution is -2.33. The molecule has 3 heterocycles. The van der Waals surface area contributed by atoms with Gasteiger partial charge in [-0.1, -0.05) is 13.0 Å². The number of likely N-dealkylation sites (tertiary alicyclic amines) is 1. The average Bonchev–Trinajstić information content (AvgIpc) is 3.10. The number of thiazole rings is 1. The molecular weight excluding hydrogens is 314 g/mol. The Morgan fingerprint density at radius 1 is 1.25 bits per heavy atom. The molecule has 1 aromatic carbocycles. The normalized spacial score (nSPS) is 36.7. The van der Waals surface area contributed by atoms with Crippen LogP contribution in [0.5, 0.6) is 0 Å². The van der Waals surface area contributed by atoms with Crippen molar-refractivity contribution in [2.75, 3.05) is 26.7 Å². The third-order valence-corrected chi connectivity index (χ3v) is 7.72. The summed E-state index contributed by atoms with van der Waals surface area (Å²) in [7, 11) is 2.26. The zero-order valence-electron chi connectivity index (χ0n) is 14.7. The SMILES string of the molecule is C[C@H]1CC[C@H](c2ccc3sc(C4CC5CN(C)CC54)nc3c2)NC1. The molecule has 3 unspecified atom stereocenters. The van der Waals surface area contributed by atoms with E-state index in [0.717, 1.165) is 30.2 Å². The summed E-state index contributed by atoms with van der Waals surface area (Å²) in [5, 5.41) is 5.10. The highest BCUT2D eigenvalue weighted by Gasteiger charge is 2.47. The largest absolute Gasteiger partial charge is 0.310 e. The van der Waals surface area contributed by atoms with E-state index in [4.69, 9.17) is 4.98 Å². The molecule has 0 bridgehead atoms. The minimum atomic E-state index is 0.521. The molecule has 5 rings (SSSR count). The van der Waals surface area contributed by atoms with Crippen LogP contribution in [0.3, 0.4) is 0 Å². The Hall–Kier alpha value is -0.970. The first-order chi connectivity index (χ1) is 11.7. The second-order valence-electron chi connectivity index (χ2n) is 8.41. The molecule has 128 valence electrons. The van der Waals surface area contributed by atoms with Gasteiger partial charge in [-0.15, -0.1) is 11.3 Å². The van der Waals surface area contributed by atoms with Crippen LogP contribution in [0.25, 0.3) is 10.2 Å². The van der Waals surface area contributed by atoms with Gasteiger partial charge in [0.15, 0.2) is 0 Å². The van der Waals surface area contributed by atoms with Crippen LogP contribution in [0.4, 0.5) is 0 Å². The van der Waals surface area contributed by atoms with E-state index in [1.165, 1.54) is 53.1 Å². The third kappa shape index (κ3) is 2.51. The number of nitrogens with one attached hydrogen (secondary N) is 1. The van der Waals surface area contributed by atoms with Crippen LogP contribution in [-0.2, 0) is 0 Å². The van der Waals surface area contributed by atoms with E-state index in [1.54, 1.807) is 0 Å². The molecule has 0 amide bonds. The highest BCUT2D eigenvalue weighted by atomic mass is 32.1. The van der Waals surface area contributed by atoms with Gasteiger partial charge in [-0.05, 0) is 68.3 Å². The highest BCUT2D eigenvalue weighted by Crippen LogP contribution is 2.52. The number of nitrogens with zero attached hydrogens (tertiary/aromatic N) is 2. The molecule has 2 aromatic rings. The summed E-state index contributed by atoms with van der Waals surface area (Å²) in [6.07, 6.45) is 3.93. The first-order valence-corrected chi connectivity index (χ1v) is 10.3. The topological polar surface area (TPSA) is 28.2 Å². The zero-order valence-corrected chi connectivity index (χ0v) is 15.5. The molecule has 1 saturated carbocycles. The number of hydrogen-bond donors (Lipinski definition) is 1. The van der Waals surface area contributed by atoms with Gasteiger partial charge in [-0.2, -0.15) is 0 Å². The molecule has 3 aliphatic rings. The summed E-state index contributed by atoms with van der Waals surface area (Å²) in [5.74, 6) is 3.31. The molecule has 4 heteroatoms. The molecule has 5 atom stereocenters. The van der Waals surface area contributed by atoms with Gasteiger partial charge in [0.05, 0.1) is 15.2 Å². The second kappa shape index (κ2) is 5.79. The van der Waals surface area contributed by atoms with Crippen molar-refractivity contribution in [1.29, 1.82) is 0 Å². The zero-order chi connectivity index (χ0) is 16.3. The van der Waals surface area contributed by atoms with Crippen LogP contribution in [0, 0.1) is 17.8 Å². The van der Waals surface area contributed by atoms with Gasteiger partial charge >= 0.3 is 0 Å². The maximum Gasteiger partial charge on any atom is 0.0972 e. The summed E-state index contributed by atoms with van der Waals surface area (Å²) in [6.45, 7) is 6.04. The Balaban J connectivity index is 1.38. The fourth-order valence-electron chi connectivity index (χ4n) is 5.03. The van der Waals surface area contributed by atoms with Gasteiger partial charge in [0.2, 0.25) is 0 Å². The van der Waals surface area contributed by atoms with Crippen molar-refractivity contribution >= 4 is 21.6 Å². The van der Waals surface area contributed by atoms with Gasteiger partial charge in [-0.25, -0.2) is 4.98 Å². The lowest BCUT2D eigenvalue weighted by Gasteiger charge is -2.38. The summed E-state index contributed by atoms with van der Waals surface area (Å²) in [4.78, 5) is 7.56. The van der Waals surface area contributed by atoms with Crippen LogP contribution in [0.15, 0.2) is 18.2 Å². The molecule has 3 fully saturated rings. The van der Waals surface area contributed by atoms with E-state index in [-0.39, 0.29) is 0 Å². The van der Waals surface area contributed by atoms with Crippen LogP contribution in [0.1, 0.15) is 48.7 Å². The van der Waals surface area contributed by atoms with Crippen LogP contribution in [0.2, 0.25) is 0 Å². The first kappa shape index (κ1) is 15.3. The number of hydrogen-bond acceptors (Lipinski definition) is 4. The minimum absolute atomic E-state index is 0.521.